The lowest BCUT2D eigenvalue weighted by Gasteiger charge is -2.18. The molecule has 0 radical (unpaired) electrons. The summed E-state index contributed by atoms with van der Waals surface area (Å²) in [5.41, 5.74) is 7.43. The molecular formula is C17H24N2S. The second-order valence-electron chi connectivity index (χ2n) is 6.23. The van der Waals surface area contributed by atoms with Gasteiger partial charge in [-0.3, -0.25) is 4.90 Å². The van der Waals surface area contributed by atoms with Crippen LogP contribution in [0, 0.1) is 11.8 Å². The topological polar surface area (TPSA) is 29.3 Å². The van der Waals surface area contributed by atoms with Gasteiger partial charge >= 0.3 is 0 Å². The van der Waals surface area contributed by atoms with E-state index in [2.05, 4.69) is 43.0 Å². The zero-order valence-electron chi connectivity index (χ0n) is 12.4. The molecule has 0 bridgehead atoms. The molecule has 20 heavy (non-hydrogen) atoms. The highest BCUT2D eigenvalue weighted by Crippen LogP contribution is 2.33. The van der Waals surface area contributed by atoms with Crippen LogP contribution < -0.4 is 5.73 Å². The predicted molar refractivity (Wildman–Crippen MR) is 87.9 cm³/mol. The summed E-state index contributed by atoms with van der Waals surface area (Å²) in [5.74, 6) is 1.66. The summed E-state index contributed by atoms with van der Waals surface area (Å²) < 4.78 is 1.38. The van der Waals surface area contributed by atoms with Gasteiger partial charge in [0, 0.05) is 29.2 Å². The molecule has 0 amide bonds. The number of benzene rings is 1. The Balaban J connectivity index is 1.84. The van der Waals surface area contributed by atoms with Gasteiger partial charge in [-0.15, -0.1) is 11.3 Å². The van der Waals surface area contributed by atoms with Crippen molar-refractivity contribution in [3.8, 4) is 0 Å². The third-order valence-electron chi connectivity index (χ3n) is 4.60. The maximum absolute atomic E-state index is 5.96. The van der Waals surface area contributed by atoms with Crippen molar-refractivity contribution >= 4 is 21.4 Å². The van der Waals surface area contributed by atoms with Crippen molar-refractivity contribution in [1.29, 1.82) is 0 Å². The lowest BCUT2D eigenvalue weighted by Crippen LogP contribution is -2.22. The molecule has 1 unspecified atom stereocenters. The zero-order valence-corrected chi connectivity index (χ0v) is 13.2. The third-order valence-corrected chi connectivity index (χ3v) is 5.84. The number of thiophene rings is 1. The number of hydrogen-bond donors (Lipinski definition) is 1. The second-order valence-corrected chi connectivity index (χ2v) is 7.37. The van der Waals surface area contributed by atoms with Crippen molar-refractivity contribution in [2.24, 2.45) is 17.6 Å². The van der Waals surface area contributed by atoms with E-state index in [9.17, 15) is 0 Å². The first-order chi connectivity index (χ1) is 9.69. The van der Waals surface area contributed by atoms with E-state index >= 15 is 0 Å². The Bertz CT molecular complexity index is 588. The highest BCUT2D eigenvalue weighted by Gasteiger charge is 2.26. The zero-order chi connectivity index (χ0) is 14.1. The van der Waals surface area contributed by atoms with Crippen molar-refractivity contribution < 1.29 is 0 Å². The van der Waals surface area contributed by atoms with Crippen molar-refractivity contribution in [3.63, 3.8) is 0 Å². The van der Waals surface area contributed by atoms with E-state index in [4.69, 9.17) is 5.73 Å². The van der Waals surface area contributed by atoms with Crippen LogP contribution >= 0.6 is 11.3 Å². The Morgan fingerprint density at radius 1 is 1.35 bits per heavy atom. The lowest BCUT2D eigenvalue weighted by molar-refractivity contribution is 0.297. The van der Waals surface area contributed by atoms with Crippen LogP contribution in [-0.2, 0) is 13.1 Å². The van der Waals surface area contributed by atoms with Crippen molar-refractivity contribution in [2.75, 3.05) is 13.1 Å². The molecule has 1 aliphatic heterocycles. The predicted octanol–water partition coefficient (Wildman–Crippen LogP) is 3.84. The Morgan fingerprint density at radius 2 is 2.15 bits per heavy atom. The van der Waals surface area contributed by atoms with Crippen LogP contribution in [0.5, 0.6) is 0 Å². The van der Waals surface area contributed by atoms with Gasteiger partial charge in [-0.1, -0.05) is 32.0 Å². The van der Waals surface area contributed by atoms with Crippen molar-refractivity contribution in [2.45, 2.75) is 33.4 Å². The Kier molecular flexibility index (Phi) is 4.11. The molecule has 0 saturated carbocycles. The van der Waals surface area contributed by atoms with Gasteiger partial charge in [0.15, 0.2) is 0 Å². The molecule has 2 nitrogen and oxygen atoms in total. The molecule has 1 aliphatic rings. The van der Waals surface area contributed by atoms with E-state index in [-0.39, 0.29) is 0 Å². The number of nitrogens with two attached hydrogens (primary N) is 1. The molecule has 1 aromatic heterocycles. The van der Waals surface area contributed by atoms with Crippen LogP contribution in [0.25, 0.3) is 10.1 Å². The van der Waals surface area contributed by atoms with E-state index in [1.807, 2.05) is 11.3 Å². The molecule has 3 rings (SSSR count). The molecule has 0 spiro atoms. The van der Waals surface area contributed by atoms with Gasteiger partial charge in [0.2, 0.25) is 0 Å². The Morgan fingerprint density at radius 3 is 2.85 bits per heavy atom. The monoisotopic (exact) mass is 288 g/mol. The first-order valence-corrected chi connectivity index (χ1v) is 8.42. The molecule has 2 heterocycles. The number of nitrogens with zero attached hydrogens (tertiary/aromatic N) is 1. The molecule has 1 fully saturated rings. The first kappa shape index (κ1) is 14.1. The number of fused-ring (bicyclic) bond motifs is 1. The summed E-state index contributed by atoms with van der Waals surface area (Å²) in [5, 5.41) is 1.41. The van der Waals surface area contributed by atoms with Crippen LogP contribution in [0.4, 0.5) is 0 Å². The molecule has 108 valence electrons. The van der Waals surface area contributed by atoms with Crippen LogP contribution in [0.3, 0.4) is 0 Å². The summed E-state index contributed by atoms with van der Waals surface area (Å²) in [6, 6.07) is 8.72. The third kappa shape index (κ3) is 2.62. The smallest absolute Gasteiger partial charge is 0.0349 e. The minimum Gasteiger partial charge on any atom is -0.326 e. The Hall–Kier alpha value is -0.900. The lowest BCUT2D eigenvalue weighted by atomic mass is 9.95. The van der Waals surface area contributed by atoms with Gasteiger partial charge in [0.25, 0.3) is 0 Å². The van der Waals surface area contributed by atoms with Gasteiger partial charge in [-0.25, -0.2) is 0 Å². The fourth-order valence-electron chi connectivity index (χ4n) is 3.26. The maximum Gasteiger partial charge on any atom is 0.0349 e. The van der Waals surface area contributed by atoms with Crippen LogP contribution in [-0.4, -0.2) is 18.0 Å². The average Bonchev–Trinajstić information content (AvgIpc) is 3.04. The number of hydrogen-bond acceptors (Lipinski definition) is 3. The maximum atomic E-state index is 5.96. The molecular weight excluding hydrogens is 264 g/mol. The van der Waals surface area contributed by atoms with Crippen LogP contribution in [0.2, 0.25) is 0 Å². The molecule has 2 N–H and O–H groups in total. The quantitative estimate of drug-likeness (QED) is 0.926. The summed E-state index contributed by atoms with van der Waals surface area (Å²) in [6.45, 7) is 8.90. The molecule has 1 atom stereocenters. The fourth-order valence-corrected chi connectivity index (χ4v) is 4.36. The summed E-state index contributed by atoms with van der Waals surface area (Å²) in [7, 11) is 0. The first-order valence-electron chi connectivity index (χ1n) is 7.60. The standard InChI is InChI=1S/C17H24N2S/c1-12(2)13-7-8-19(10-13)11-15-14-5-3-4-6-16(14)20-17(15)9-18/h3-6,12-13H,7-11,18H2,1-2H3. The van der Waals surface area contributed by atoms with Gasteiger partial charge in [-0.2, -0.15) is 0 Å². The van der Waals surface area contributed by atoms with E-state index < -0.39 is 0 Å². The van der Waals surface area contributed by atoms with Crippen molar-refractivity contribution in [3.05, 3.63) is 34.7 Å². The minimum atomic E-state index is 0.663. The van der Waals surface area contributed by atoms with Gasteiger partial charge < -0.3 is 5.73 Å². The molecule has 2 aromatic rings. The van der Waals surface area contributed by atoms with E-state index in [1.54, 1.807) is 0 Å². The highest BCUT2D eigenvalue weighted by molar-refractivity contribution is 7.19. The Labute approximate surface area is 125 Å². The summed E-state index contributed by atoms with van der Waals surface area (Å²) >= 11 is 1.86. The number of rotatable bonds is 4. The number of likely N-dealkylation sites (tertiary alicyclic amines) is 1. The molecule has 1 saturated heterocycles. The minimum absolute atomic E-state index is 0.663. The highest BCUT2D eigenvalue weighted by atomic mass is 32.1. The van der Waals surface area contributed by atoms with Crippen molar-refractivity contribution in [1.82, 2.24) is 4.90 Å². The normalized spacial score (nSPS) is 20.3. The van der Waals surface area contributed by atoms with E-state index in [1.165, 1.54) is 40.0 Å². The van der Waals surface area contributed by atoms with Gasteiger partial charge in [0.1, 0.15) is 0 Å². The molecule has 3 heteroatoms. The van der Waals surface area contributed by atoms with Gasteiger partial charge in [-0.05, 0) is 41.8 Å². The van der Waals surface area contributed by atoms with E-state index in [0.717, 1.165) is 18.4 Å². The largest absolute Gasteiger partial charge is 0.326 e. The van der Waals surface area contributed by atoms with Gasteiger partial charge in [0.05, 0.1) is 0 Å². The van der Waals surface area contributed by atoms with Crippen LogP contribution in [0.1, 0.15) is 30.7 Å². The molecule has 1 aromatic carbocycles. The van der Waals surface area contributed by atoms with Crippen LogP contribution in [0.15, 0.2) is 24.3 Å². The fraction of sp³-hybridized carbons (Fsp3) is 0.529. The summed E-state index contributed by atoms with van der Waals surface area (Å²) in [4.78, 5) is 3.97. The second kappa shape index (κ2) is 5.84. The summed E-state index contributed by atoms with van der Waals surface area (Å²) in [6.07, 6.45) is 1.34. The van der Waals surface area contributed by atoms with E-state index in [0.29, 0.717) is 6.54 Å². The SMILES string of the molecule is CC(C)C1CCN(Cc2c(CN)sc3ccccc23)C1. The average molecular weight is 288 g/mol. The molecule has 0 aliphatic carbocycles.